The van der Waals surface area contributed by atoms with E-state index in [1.54, 1.807) is 18.4 Å². The molecule has 25 heavy (non-hydrogen) atoms. The number of benzene rings is 1. The van der Waals surface area contributed by atoms with Crippen LogP contribution in [0.1, 0.15) is 34.0 Å². The Hall–Kier alpha value is -1.69. The standard InChI is InChI=1S/C20H26N2O2S/c1-15-4-6-16(7-5-15)20-17-9-13-25-18(17)8-11-22(20)19(23)14-21-10-3-12-24-2/h4-7,9,13,20-21H,3,8,10-12,14H2,1-2H3. The molecule has 0 spiro atoms. The van der Waals surface area contributed by atoms with Crippen molar-refractivity contribution in [3.05, 3.63) is 57.3 Å². The van der Waals surface area contributed by atoms with Crippen LogP contribution in [0.2, 0.25) is 0 Å². The molecule has 5 heteroatoms. The maximum absolute atomic E-state index is 12.8. The van der Waals surface area contributed by atoms with E-state index in [9.17, 15) is 4.79 Å². The van der Waals surface area contributed by atoms with Crippen LogP contribution in [0.15, 0.2) is 35.7 Å². The van der Waals surface area contributed by atoms with Crippen LogP contribution in [0.5, 0.6) is 0 Å². The Morgan fingerprint density at radius 2 is 2.12 bits per heavy atom. The monoisotopic (exact) mass is 358 g/mol. The molecule has 1 atom stereocenters. The molecule has 0 fully saturated rings. The van der Waals surface area contributed by atoms with Crippen LogP contribution in [0.25, 0.3) is 0 Å². The number of thiophene rings is 1. The number of nitrogens with one attached hydrogen (secondary N) is 1. The van der Waals surface area contributed by atoms with E-state index in [2.05, 4.69) is 48.0 Å². The molecule has 0 saturated carbocycles. The van der Waals surface area contributed by atoms with Crippen LogP contribution in [-0.4, -0.2) is 44.2 Å². The molecule has 2 aromatic rings. The van der Waals surface area contributed by atoms with Gasteiger partial charge in [-0.25, -0.2) is 0 Å². The number of fused-ring (bicyclic) bond motifs is 1. The number of carbonyl (C=O) groups is 1. The minimum atomic E-state index is 0.0314. The molecule has 1 unspecified atom stereocenters. The average Bonchev–Trinajstić information content (AvgIpc) is 3.10. The highest BCUT2D eigenvalue weighted by atomic mass is 32.1. The molecule has 1 aliphatic heterocycles. The summed E-state index contributed by atoms with van der Waals surface area (Å²) in [5.41, 5.74) is 3.72. The molecule has 134 valence electrons. The van der Waals surface area contributed by atoms with Gasteiger partial charge in [0.1, 0.15) is 0 Å². The normalized spacial score (nSPS) is 16.7. The van der Waals surface area contributed by atoms with Gasteiger partial charge in [-0.05, 0) is 48.9 Å². The Kier molecular flexibility index (Phi) is 6.24. The SMILES string of the molecule is COCCCNCC(=O)N1CCc2sccc2C1c1ccc(C)cc1. The predicted molar refractivity (Wildman–Crippen MR) is 102 cm³/mol. The van der Waals surface area contributed by atoms with Gasteiger partial charge in [-0.3, -0.25) is 4.79 Å². The van der Waals surface area contributed by atoms with Gasteiger partial charge in [0.25, 0.3) is 0 Å². The zero-order valence-electron chi connectivity index (χ0n) is 15.0. The summed E-state index contributed by atoms with van der Waals surface area (Å²) in [6, 6.07) is 10.8. The third kappa shape index (κ3) is 4.29. The smallest absolute Gasteiger partial charge is 0.237 e. The molecule has 0 bridgehead atoms. The molecule has 1 aromatic heterocycles. The van der Waals surface area contributed by atoms with Gasteiger partial charge in [-0.2, -0.15) is 0 Å². The zero-order valence-corrected chi connectivity index (χ0v) is 15.8. The van der Waals surface area contributed by atoms with E-state index in [0.717, 1.165) is 32.5 Å². The zero-order chi connectivity index (χ0) is 17.6. The van der Waals surface area contributed by atoms with Gasteiger partial charge in [0.15, 0.2) is 0 Å². The Morgan fingerprint density at radius 1 is 1.32 bits per heavy atom. The summed E-state index contributed by atoms with van der Waals surface area (Å²) in [4.78, 5) is 16.3. The van der Waals surface area contributed by atoms with Gasteiger partial charge >= 0.3 is 0 Å². The summed E-state index contributed by atoms with van der Waals surface area (Å²) in [5.74, 6) is 0.167. The molecule has 1 aliphatic rings. The molecule has 2 heterocycles. The van der Waals surface area contributed by atoms with E-state index >= 15 is 0 Å². The fourth-order valence-electron chi connectivity index (χ4n) is 3.33. The molecule has 0 aliphatic carbocycles. The Labute approximate surface area is 153 Å². The first-order valence-electron chi connectivity index (χ1n) is 8.82. The van der Waals surface area contributed by atoms with Gasteiger partial charge in [0.2, 0.25) is 5.91 Å². The Morgan fingerprint density at radius 3 is 2.88 bits per heavy atom. The molecule has 1 N–H and O–H groups in total. The lowest BCUT2D eigenvalue weighted by Crippen LogP contribution is -2.44. The second-order valence-electron chi connectivity index (χ2n) is 6.47. The second kappa shape index (κ2) is 8.61. The van der Waals surface area contributed by atoms with E-state index in [4.69, 9.17) is 4.74 Å². The quantitative estimate of drug-likeness (QED) is 0.773. The van der Waals surface area contributed by atoms with Crippen molar-refractivity contribution in [1.82, 2.24) is 10.2 Å². The van der Waals surface area contributed by atoms with Crippen molar-refractivity contribution in [2.75, 3.05) is 33.4 Å². The highest BCUT2D eigenvalue weighted by molar-refractivity contribution is 7.10. The number of hydrogen-bond donors (Lipinski definition) is 1. The van der Waals surface area contributed by atoms with Crippen LogP contribution in [0.3, 0.4) is 0 Å². The summed E-state index contributed by atoms with van der Waals surface area (Å²) in [6.07, 6.45) is 1.87. The number of amides is 1. The van der Waals surface area contributed by atoms with Gasteiger partial charge in [-0.15, -0.1) is 11.3 Å². The van der Waals surface area contributed by atoms with Gasteiger partial charge in [-0.1, -0.05) is 29.8 Å². The lowest BCUT2D eigenvalue weighted by molar-refractivity contribution is -0.132. The lowest BCUT2D eigenvalue weighted by atomic mass is 9.92. The van der Waals surface area contributed by atoms with Gasteiger partial charge in [0, 0.05) is 25.1 Å². The highest BCUT2D eigenvalue weighted by Gasteiger charge is 2.32. The third-order valence-electron chi connectivity index (χ3n) is 4.66. The number of rotatable bonds is 7. The largest absolute Gasteiger partial charge is 0.385 e. The minimum absolute atomic E-state index is 0.0314. The number of nitrogens with zero attached hydrogens (tertiary/aromatic N) is 1. The molecule has 0 radical (unpaired) electrons. The maximum Gasteiger partial charge on any atom is 0.237 e. The second-order valence-corrected chi connectivity index (χ2v) is 7.47. The topological polar surface area (TPSA) is 41.6 Å². The summed E-state index contributed by atoms with van der Waals surface area (Å²) >= 11 is 1.80. The number of carbonyl (C=O) groups excluding carboxylic acids is 1. The van der Waals surface area contributed by atoms with Crippen LogP contribution in [0, 0.1) is 6.92 Å². The summed E-state index contributed by atoms with van der Waals surface area (Å²) < 4.78 is 5.05. The van der Waals surface area contributed by atoms with Crippen LogP contribution < -0.4 is 5.32 Å². The third-order valence-corrected chi connectivity index (χ3v) is 5.65. The molecule has 4 nitrogen and oxygen atoms in total. The summed E-state index contributed by atoms with van der Waals surface area (Å²) in [7, 11) is 1.70. The molecule has 3 rings (SSSR count). The molecular formula is C20H26N2O2S. The van der Waals surface area contributed by atoms with Crippen molar-refractivity contribution in [1.29, 1.82) is 0 Å². The lowest BCUT2D eigenvalue weighted by Gasteiger charge is -2.36. The summed E-state index contributed by atoms with van der Waals surface area (Å²) in [6.45, 7) is 4.77. The maximum atomic E-state index is 12.8. The molecule has 1 aromatic carbocycles. The first-order valence-corrected chi connectivity index (χ1v) is 9.70. The fraction of sp³-hybridized carbons (Fsp3) is 0.450. The van der Waals surface area contributed by atoms with E-state index in [1.807, 2.05) is 4.90 Å². The highest BCUT2D eigenvalue weighted by Crippen LogP contribution is 2.37. The minimum Gasteiger partial charge on any atom is -0.385 e. The van der Waals surface area contributed by atoms with Crippen LogP contribution in [-0.2, 0) is 16.0 Å². The first kappa shape index (κ1) is 18.1. The van der Waals surface area contributed by atoms with Crippen LogP contribution in [0.4, 0.5) is 0 Å². The van der Waals surface area contributed by atoms with Crippen molar-refractivity contribution in [3.63, 3.8) is 0 Å². The van der Waals surface area contributed by atoms with Gasteiger partial charge < -0.3 is 15.0 Å². The number of methoxy groups -OCH3 is 1. The Balaban J connectivity index is 1.75. The molecular weight excluding hydrogens is 332 g/mol. The van der Waals surface area contributed by atoms with Crippen molar-refractivity contribution >= 4 is 17.2 Å². The average molecular weight is 359 g/mol. The molecule has 0 saturated heterocycles. The number of aryl methyl sites for hydroxylation is 1. The van der Waals surface area contributed by atoms with E-state index in [-0.39, 0.29) is 11.9 Å². The van der Waals surface area contributed by atoms with Crippen molar-refractivity contribution in [3.8, 4) is 0 Å². The van der Waals surface area contributed by atoms with E-state index in [0.29, 0.717) is 6.54 Å². The van der Waals surface area contributed by atoms with Crippen molar-refractivity contribution < 1.29 is 9.53 Å². The van der Waals surface area contributed by atoms with Crippen LogP contribution >= 0.6 is 11.3 Å². The molecule has 1 amide bonds. The van der Waals surface area contributed by atoms with Gasteiger partial charge in [0.05, 0.1) is 12.6 Å². The first-order chi connectivity index (χ1) is 12.2. The Bertz CT molecular complexity index is 696. The van der Waals surface area contributed by atoms with E-state index < -0.39 is 0 Å². The number of ether oxygens (including phenoxy) is 1. The fourth-order valence-corrected chi connectivity index (χ4v) is 4.24. The summed E-state index contributed by atoms with van der Waals surface area (Å²) in [5, 5.41) is 5.39. The van der Waals surface area contributed by atoms with E-state index in [1.165, 1.54) is 21.6 Å². The number of hydrogen-bond acceptors (Lipinski definition) is 4. The van der Waals surface area contributed by atoms with Crippen molar-refractivity contribution in [2.45, 2.75) is 25.8 Å². The van der Waals surface area contributed by atoms with Crippen molar-refractivity contribution in [2.24, 2.45) is 0 Å². The predicted octanol–water partition coefficient (Wildman–Crippen LogP) is 3.16.